The molecule has 0 aliphatic carbocycles. The molecule has 0 radical (unpaired) electrons. The van der Waals surface area contributed by atoms with Gasteiger partial charge in [-0.3, -0.25) is 9.59 Å². The first-order valence-electron chi connectivity index (χ1n) is 13.1. The van der Waals surface area contributed by atoms with E-state index < -0.39 is 6.04 Å². The Labute approximate surface area is 230 Å². The smallest absolute Gasteiger partial charge is 0.258 e. The third-order valence-electron chi connectivity index (χ3n) is 6.95. The fourth-order valence-corrected chi connectivity index (χ4v) is 4.74. The van der Waals surface area contributed by atoms with Crippen molar-refractivity contribution in [3.63, 3.8) is 0 Å². The van der Waals surface area contributed by atoms with Crippen LogP contribution in [-0.4, -0.2) is 50.1 Å². The number of carbonyl (C=O) groups excluding carboxylic acids is 2. The molecule has 39 heavy (non-hydrogen) atoms. The maximum Gasteiger partial charge on any atom is 0.258 e. The summed E-state index contributed by atoms with van der Waals surface area (Å²) in [7, 11) is 4.87. The Hall–Kier alpha value is -4.26. The van der Waals surface area contributed by atoms with E-state index in [0.717, 1.165) is 11.1 Å². The van der Waals surface area contributed by atoms with Crippen molar-refractivity contribution in [2.24, 2.45) is 0 Å². The predicted molar refractivity (Wildman–Crippen MR) is 151 cm³/mol. The molecule has 1 aliphatic rings. The molecule has 0 bridgehead atoms. The number of nitrogens with zero attached hydrogens (tertiary/aromatic N) is 1. The summed E-state index contributed by atoms with van der Waals surface area (Å²) in [5.74, 6) is 1.25. The second-order valence-corrected chi connectivity index (χ2v) is 9.66. The van der Waals surface area contributed by atoms with Gasteiger partial charge < -0.3 is 24.4 Å². The summed E-state index contributed by atoms with van der Waals surface area (Å²) in [5, 5.41) is 3.22. The van der Waals surface area contributed by atoms with Gasteiger partial charge in [0.2, 0.25) is 5.91 Å². The number of methoxy groups -OCH3 is 2. The molecule has 0 fully saturated rings. The highest BCUT2D eigenvalue weighted by Crippen LogP contribution is 2.32. The molecular formula is C32H36N2O5. The zero-order valence-corrected chi connectivity index (χ0v) is 22.9. The molecule has 204 valence electrons. The largest absolute Gasteiger partial charge is 0.497 e. The molecule has 3 aromatic carbocycles. The van der Waals surface area contributed by atoms with Crippen molar-refractivity contribution in [1.29, 1.82) is 0 Å². The van der Waals surface area contributed by atoms with Crippen LogP contribution in [0.3, 0.4) is 0 Å². The summed E-state index contributed by atoms with van der Waals surface area (Å²) < 4.78 is 17.2. The van der Waals surface area contributed by atoms with Crippen molar-refractivity contribution in [3.8, 4) is 17.2 Å². The van der Waals surface area contributed by atoms with Gasteiger partial charge in [0.1, 0.15) is 23.3 Å². The fraction of sp³-hybridized carbons (Fsp3) is 0.312. The van der Waals surface area contributed by atoms with Crippen LogP contribution in [-0.2, 0) is 11.2 Å². The number of amides is 2. The molecule has 3 atom stereocenters. The summed E-state index contributed by atoms with van der Waals surface area (Å²) in [6.45, 7) is 1.98. The molecule has 0 saturated heterocycles. The average molecular weight is 529 g/mol. The highest BCUT2D eigenvalue weighted by Gasteiger charge is 2.31. The van der Waals surface area contributed by atoms with E-state index in [1.165, 1.54) is 4.90 Å². The van der Waals surface area contributed by atoms with Gasteiger partial charge in [-0.05, 0) is 43.2 Å². The SMILES string of the molecule is COc1ccc([C@@H]2C/C=C/C[C@H](C)Oc3ccccc3C(=O)N(C)[C@@H](Cc3ccccc3)C(=O)N2)c(OC)c1. The van der Waals surface area contributed by atoms with Gasteiger partial charge in [-0.2, -0.15) is 0 Å². The number of hydrogen-bond donors (Lipinski definition) is 1. The lowest BCUT2D eigenvalue weighted by molar-refractivity contribution is -0.126. The minimum absolute atomic E-state index is 0.146. The number of nitrogens with one attached hydrogen (secondary N) is 1. The van der Waals surface area contributed by atoms with Gasteiger partial charge in [0, 0.05) is 31.5 Å². The molecule has 1 aliphatic heterocycles. The maximum absolute atomic E-state index is 14.0. The van der Waals surface area contributed by atoms with Crippen molar-refractivity contribution in [1.82, 2.24) is 10.2 Å². The third-order valence-corrected chi connectivity index (χ3v) is 6.95. The second kappa shape index (κ2) is 13.0. The zero-order chi connectivity index (χ0) is 27.8. The van der Waals surface area contributed by atoms with Gasteiger partial charge >= 0.3 is 0 Å². The van der Waals surface area contributed by atoms with Crippen molar-refractivity contribution in [3.05, 3.63) is 102 Å². The van der Waals surface area contributed by atoms with E-state index in [1.54, 1.807) is 45.5 Å². The van der Waals surface area contributed by atoms with Crippen LogP contribution in [0.25, 0.3) is 0 Å². The minimum Gasteiger partial charge on any atom is -0.497 e. The molecule has 0 aromatic heterocycles. The Bertz CT molecular complexity index is 1310. The lowest BCUT2D eigenvalue weighted by atomic mass is 9.98. The van der Waals surface area contributed by atoms with Crippen LogP contribution in [0, 0.1) is 0 Å². The van der Waals surface area contributed by atoms with Crippen LogP contribution < -0.4 is 19.5 Å². The van der Waals surface area contributed by atoms with E-state index in [-0.39, 0.29) is 24.0 Å². The second-order valence-electron chi connectivity index (χ2n) is 9.66. The lowest BCUT2D eigenvalue weighted by Crippen LogP contribution is -2.49. The first kappa shape index (κ1) is 27.8. The molecular weight excluding hydrogens is 492 g/mol. The standard InChI is InChI=1S/C32H36N2O5/c1-22-12-8-10-16-27(25-19-18-24(37-3)21-30(25)38-4)33-31(35)28(20-23-13-6-5-7-14-23)34(2)32(36)26-15-9-11-17-29(26)39-22/h5-11,13-15,17-19,21-22,27-28H,12,16,20H2,1-4H3,(H,33,35)/b10-8+/t22-,27-,28-/m0/s1. The van der Waals surface area contributed by atoms with Crippen molar-refractivity contribution < 1.29 is 23.8 Å². The molecule has 0 spiro atoms. The van der Waals surface area contributed by atoms with Gasteiger partial charge in [0.15, 0.2) is 0 Å². The molecule has 7 heteroatoms. The van der Waals surface area contributed by atoms with Crippen LogP contribution in [0.1, 0.15) is 47.3 Å². The number of rotatable bonds is 5. The summed E-state index contributed by atoms with van der Waals surface area (Å²) >= 11 is 0. The van der Waals surface area contributed by atoms with E-state index in [1.807, 2.05) is 67.6 Å². The van der Waals surface area contributed by atoms with Crippen LogP contribution >= 0.6 is 0 Å². The highest BCUT2D eigenvalue weighted by atomic mass is 16.5. The van der Waals surface area contributed by atoms with Crippen molar-refractivity contribution >= 4 is 11.8 Å². The van der Waals surface area contributed by atoms with Gasteiger partial charge in [-0.25, -0.2) is 0 Å². The first-order valence-corrected chi connectivity index (χ1v) is 13.1. The Balaban J connectivity index is 1.76. The molecule has 0 unspecified atom stereocenters. The molecule has 7 nitrogen and oxygen atoms in total. The normalized spacial score (nSPS) is 21.1. The van der Waals surface area contributed by atoms with E-state index in [2.05, 4.69) is 5.32 Å². The van der Waals surface area contributed by atoms with E-state index in [9.17, 15) is 9.59 Å². The van der Waals surface area contributed by atoms with Gasteiger partial charge in [0.25, 0.3) is 5.91 Å². The summed E-state index contributed by atoms with van der Waals surface area (Å²) in [6.07, 6.45) is 5.49. The zero-order valence-electron chi connectivity index (χ0n) is 22.9. The van der Waals surface area contributed by atoms with E-state index >= 15 is 0 Å². The van der Waals surface area contributed by atoms with Gasteiger partial charge in [-0.15, -0.1) is 0 Å². The number of likely N-dealkylation sites (N-methyl/N-ethyl adjacent to an activating group) is 1. The number of para-hydroxylation sites is 1. The highest BCUT2D eigenvalue weighted by molar-refractivity contribution is 5.99. The number of benzene rings is 3. The summed E-state index contributed by atoms with van der Waals surface area (Å²) in [5.41, 5.74) is 2.20. The average Bonchev–Trinajstić information content (AvgIpc) is 2.96. The van der Waals surface area contributed by atoms with E-state index in [0.29, 0.717) is 42.1 Å². The Morgan fingerprint density at radius 3 is 2.38 bits per heavy atom. The monoisotopic (exact) mass is 528 g/mol. The Kier molecular flexibility index (Phi) is 9.26. The van der Waals surface area contributed by atoms with E-state index in [4.69, 9.17) is 14.2 Å². The quantitative estimate of drug-likeness (QED) is 0.451. The van der Waals surface area contributed by atoms with Crippen LogP contribution in [0.4, 0.5) is 0 Å². The lowest BCUT2D eigenvalue weighted by Gasteiger charge is -2.31. The summed E-state index contributed by atoms with van der Waals surface area (Å²) in [6, 6.07) is 21.3. The van der Waals surface area contributed by atoms with Gasteiger partial charge in [-0.1, -0.05) is 54.6 Å². The molecule has 0 saturated carbocycles. The Morgan fingerprint density at radius 2 is 1.64 bits per heavy atom. The predicted octanol–water partition coefficient (Wildman–Crippen LogP) is 5.36. The topological polar surface area (TPSA) is 77.1 Å². The summed E-state index contributed by atoms with van der Waals surface area (Å²) in [4.78, 5) is 29.3. The Morgan fingerprint density at radius 1 is 0.923 bits per heavy atom. The molecule has 2 amide bonds. The van der Waals surface area contributed by atoms with Gasteiger partial charge in [0.05, 0.1) is 31.9 Å². The van der Waals surface area contributed by atoms with Crippen molar-refractivity contribution in [2.75, 3.05) is 21.3 Å². The number of carbonyl (C=O) groups is 2. The van der Waals surface area contributed by atoms with Crippen LogP contribution in [0.2, 0.25) is 0 Å². The number of hydrogen-bond acceptors (Lipinski definition) is 5. The molecule has 4 rings (SSSR count). The first-order chi connectivity index (χ1) is 18.9. The van der Waals surface area contributed by atoms with Crippen LogP contribution in [0.5, 0.6) is 17.2 Å². The molecule has 3 aromatic rings. The molecule has 1 heterocycles. The minimum atomic E-state index is -0.760. The number of ether oxygens (including phenoxy) is 3. The fourth-order valence-electron chi connectivity index (χ4n) is 4.74. The van der Waals surface area contributed by atoms with Crippen LogP contribution in [0.15, 0.2) is 84.9 Å². The molecule has 1 N–H and O–H groups in total. The maximum atomic E-state index is 14.0. The number of fused-ring (bicyclic) bond motifs is 1. The third kappa shape index (κ3) is 6.79. The van der Waals surface area contributed by atoms with Crippen molar-refractivity contribution in [2.45, 2.75) is 44.4 Å².